The third kappa shape index (κ3) is 6.84. The number of imidazole rings is 1. The highest BCUT2D eigenvalue weighted by Crippen LogP contribution is 2.31. The Labute approximate surface area is 232 Å². The van der Waals surface area contributed by atoms with Crippen LogP contribution in [0.15, 0.2) is 125 Å². The summed E-state index contributed by atoms with van der Waals surface area (Å²) in [5.74, 6) is 0.493. The van der Waals surface area contributed by atoms with Gasteiger partial charge in [-0.25, -0.2) is 9.37 Å². The lowest BCUT2D eigenvalue weighted by Gasteiger charge is -2.47. The van der Waals surface area contributed by atoms with Gasteiger partial charge in [-0.3, -0.25) is 15.0 Å². The first-order valence-corrected chi connectivity index (χ1v) is 13.6. The van der Waals surface area contributed by atoms with Crippen LogP contribution in [0.5, 0.6) is 0 Å². The molecule has 2 aliphatic heterocycles. The van der Waals surface area contributed by atoms with Crippen molar-refractivity contribution in [3.05, 3.63) is 126 Å². The molecule has 0 N–H and O–H groups in total. The van der Waals surface area contributed by atoms with Crippen LogP contribution in [0.2, 0.25) is 0 Å². The SMILES string of the molecule is C=C(F)/C=C\C(=CC)N1CC(C(/C=C\CC)=C/C)N=C2/C(=C/C3=C=CC=C(n4cnc(C)c4)C=C3)CCCN21. The maximum absolute atomic E-state index is 13.6. The number of hydrogen-bond acceptors (Lipinski definition) is 4. The van der Waals surface area contributed by atoms with Crippen LogP contribution in [-0.2, 0) is 0 Å². The molecule has 1 fully saturated rings. The van der Waals surface area contributed by atoms with Gasteiger partial charge in [0.25, 0.3) is 0 Å². The summed E-state index contributed by atoms with van der Waals surface area (Å²) < 4.78 is 15.6. The molecule has 1 atom stereocenters. The predicted molar refractivity (Wildman–Crippen MR) is 160 cm³/mol. The van der Waals surface area contributed by atoms with E-state index in [-0.39, 0.29) is 6.04 Å². The van der Waals surface area contributed by atoms with Crippen LogP contribution < -0.4 is 0 Å². The van der Waals surface area contributed by atoms with Crippen molar-refractivity contribution in [3.8, 4) is 0 Å². The van der Waals surface area contributed by atoms with Crippen LogP contribution in [-0.4, -0.2) is 44.5 Å². The number of amidine groups is 1. The average molecular weight is 524 g/mol. The number of halogens is 1. The minimum absolute atomic E-state index is 0.0468. The van der Waals surface area contributed by atoms with Crippen LogP contribution >= 0.6 is 0 Å². The minimum Gasteiger partial charge on any atom is -0.306 e. The fraction of sp³-hybridized carbons (Fsp3) is 0.303. The average Bonchev–Trinajstić information content (AvgIpc) is 3.23. The van der Waals surface area contributed by atoms with Crippen LogP contribution in [0.25, 0.3) is 5.70 Å². The van der Waals surface area contributed by atoms with Crippen LogP contribution in [0.4, 0.5) is 4.39 Å². The molecule has 1 aromatic heterocycles. The van der Waals surface area contributed by atoms with Crippen LogP contribution in [0.1, 0.15) is 45.7 Å². The molecule has 1 aliphatic carbocycles. The number of aromatic nitrogens is 2. The molecule has 4 rings (SSSR count). The molecule has 0 bridgehead atoms. The molecule has 6 heteroatoms. The van der Waals surface area contributed by atoms with Crippen molar-refractivity contribution in [1.82, 2.24) is 19.6 Å². The van der Waals surface area contributed by atoms with E-state index in [2.05, 4.69) is 77.6 Å². The van der Waals surface area contributed by atoms with Gasteiger partial charge in [-0.15, -0.1) is 5.73 Å². The van der Waals surface area contributed by atoms with Crippen molar-refractivity contribution in [3.63, 3.8) is 0 Å². The predicted octanol–water partition coefficient (Wildman–Crippen LogP) is 7.56. The fourth-order valence-electron chi connectivity index (χ4n) is 4.87. The number of fused-ring (bicyclic) bond motifs is 1. The molecular formula is C33H38FN5. The van der Waals surface area contributed by atoms with E-state index >= 15 is 0 Å². The number of hydrogen-bond donors (Lipinski definition) is 0. The van der Waals surface area contributed by atoms with Gasteiger partial charge in [-0.05, 0) is 93.7 Å². The monoisotopic (exact) mass is 523 g/mol. The van der Waals surface area contributed by atoms with E-state index in [1.54, 1.807) is 6.08 Å². The smallest absolute Gasteiger partial charge is 0.146 e. The summed E-state index contributed by atoms with van der Waals surface area (Å²) >= 11 is 0. The Morgan fingerprint density at radius 3 is 2.74 bits per heavy atom. The number of aliphatic imine (C=N–C) groups is 1. The second kappa shape index (κ2) is 13.1. The summed E-state index contributed by atoms with van der Waals surface area (Å²) in [5.41, 5.74) is 9.67. The van der Waals surface area contributed by atoms with E-state index in [0.717, 1.165) is 54.3 Å². The van der Waals surface area contributed by atoms with Crippen molar-refractivity contribution in [2.24, 2.45) is 4.99 Å². The first kappa shape index (κ1) is 27.9. The molecule has 39 heavy (non-hydrogen) atoms. The van der Waals surface area contributed by atoms with E-state index in [0.29, 0.717) is 6.54 Å². The second-order valence-electron chi connectivity index (χ2n) is 9.65. The summed E-state index contributed by atoms with van der Waals surface area (Å²) in [6.45, 7) is 13.1. The molecule has 1 aromatic rings. The van der Waals surface area contributed by atoms with Gasteiger partial charge in [0, 0.05) is 24.0 Å². The topological polar surface area (TPSA) is 36.7 Å². The zero-order valence-electron chi connectivity index (χ0n) is 23.4. The lowest BCUT2D eigenvalue weighted by atomic mass is 9.98. The molecule has 202 valence electrons. The quantitative estimate of drug-likeness (QED) is 0.261. The Balaban J connectivity index is 1.71. The van der Waals surface area contributed by atoms with Gasteiger partial charge >= 0.3 is 0 Å². The molecule has 0 aromatic carbocycles. The van der Waals surface area contributed by atoms with Gasteiger partial charge in [-0.2, -0.15) is 0 Å². The highest BCUT2D eigenvalue weighted by atomic mass is 19.1. The minimum atomic E-state index is -0.464. The molecule has 0 saturated carbocycles. The summed E-state index contributed by atoms with van der Waals surface area (Å²) in [6, 6.07) is -0.0468. The fourth-order valence-corrected chi connectivity index (χ4v) is 4.87. The van der Waals surface area contributed by atoms with E-state index in [1.807, 2.05) is 49.2 Å². The standard InChI is InChI=1S/C33H38FN5/c1-6-9-13-28(7-2)32-23-39(30(8-3)18-16-25(4)34)38-20-11-14-29(33(38)36-32)21-27-12-10-15-31(19-17-27)37-22-26(5)35-24-37/h7-10,13,15-19,21-22,24,32H,4,6,11,14,20,23H2,1-3,5H3/b13-9-,18-16-,28-7+,29-21+,30-8?. The Bertz CT molecular complexity index is 1400. The number of aryl methyl sites for hydroxylation is 1. The van der Waals surface area contributed by atoms with Crippen molar-refractivity contribution in [2.45, 2.75) is 53.0 Å². The molecule has 3 aliphatic rings. The van der Waals surface area contributed by atoms with Gasteiger partial charge in [-0.1, -0.05) is 37.8 Å². The number of hydrazine groups is 1. The Hall–Kier alpha value is -4.15. The zero-order valence-corrected chi connectivity index (χ0v) is 23.4. The largest absolute Gasteiger partial charge is 0.306 e. The second-order valence-corrected chi connectivity index (χ2v) is 9.65. The number of rotatable bonds is 8. The van der Waals surface area contributed by atoms with Gasteiger partial charge < -0.3 is 4.57 Å². The summed E-state index contributed by atoms with van der Waals surface area (Å²) in [7, 11) is 0. The first-order valence-electron chi connectivity index (χ1n) is 13.6. The number of nitrogens with zero attached hydrogens (tertiary/aromatic N) is 5. The lowest BCUT2D eigenvalue weighted by Crippen LogP contribution is -2.55. The van der Waals surface area contributed by atoms with E-state index in [4.69, 9.17) is 4.99 Å². The van der Waals surface area contributed by atoms with Crippen LogP contribution in [0, 0.1) is 6.92 Å². The maximum atomic E-state index is 13.6. The third-order valence-corrected chi connectivity index (χ3v) is 6.83. The van der Waals surface area contributed by atoms with Crippen LogP contribution in [0.3, 0.4) is 0 Å². The van der Waals surface area contributed by atoms with Crippen molar-refractivity contribution in [1.29, 1.82) is 0 Å². The molecule has 1 unspecified atom stereocenters. The van der Waals surface area contributed by atoms with Gasteiger partial charge in [0.15, 0.2) is 0 Å². The maximum Gasteiger partial charge on any atom is 0.146 e. The van der Waals surface area contributed by atoms with E-state index in [9.17, 15) is 4.39 Å². The van der Waals surface area contributed by atoms with Crippen molar-refractivity contribution in [2.75, 3.05) is 13.1 Å². The Morgan fingerprint density at radius 1 is 1.21 bits per heavy atom. The van der Waals surface area contributed by atoms with Gasteiger partial charge in [0.05, 0.1) is 30.3 Å². The molecule has 5 nitrogen and oxygen atoms in total. The molecular weight excluding hydrogens is 485 g/mol. The first-order chi connectivity index (χ1) is 18.9. The zero-order chi connectivity index (χ0) is 27.8. The Kier molecular flexibility index (Phi) is 9.35. The summed E-state index contributed by atoms with van der Waals surface area (Å²) in [4.78, 5) is 9.64. The molecule has 0 spiro atoms. The highest BCUT2D eigenvalue weighted by molar-refractivity contribution is 6.00. The lowest BCUT2D eigenvalue weighted by molar-refractivity contribution is 0.0681. The number of piperidine rings is 1. The molecule has 3 heterocycles. The summed E-state index contributed by atoms with van der Waals surface area (Å²) in [5, 5.41) is 4.48. The van der Waals surface area contributed by atoms with Crippen molar-refractivity contribution >= 4 is 11.5 Å². The van der Waals surface area contributed by atoms with Gasteiger partial charge in [0.2, 0.25) is 0 Å². The van der Waals surface area contributed by atoms with Crippen molar-refractivity contribution < 1.29 is 4.39 Å². The number of allylic oxidation sites excluding steroid dienone is 12. The van der Waals surface area contributed by atoms with E-state index in [1.165, 1.54) is 17.2 Å². The molecule has 0 amide bonds. The normalized spacial score (nSPS) is 21.4. The highest BCUT2D eigenvalue weighted by Gasteiger charge is 2.34. The summed E-state index contributed by atoms with van der Waals surface area (Å²) in [6.07, 6.45) is 28.8. The van der Waals surface area contributed by atoms with Gasteiger partial charge in [0.1, 0.15) is 11.7 Å². The third-order valence-electron chi connectivity index (χ3n) is 6.83. The van der Waals surface area contributed by atoms with E-state index < -0.39 is 5.83 Å². The molecule has 0 radical (unpaired) electrons. The Morgan fingerprint density at radius 2 is 2.05 bits per heavy atom. The molecule has 1 saturated heterocycles.